The predicted octanol–water partition coefficient (Wildman–Crippen LogP) is 2.36. The Bertz CT molecular complexity index is 707. The van der Waals surface area contributed by atoms with Crippen molar-refractivity contribution < 1.29 is 18.1 Å². The van der Waals surface area contributed by atoms with Gasteiger partial charge in [-0.2, -0.15) is 0 Å². The second kappa shape index (κ2) is 5.61. The molecule has 21 heavy (non-hydrogen) atoms. The number of nitro groups is 1. The molecule has 0 heterocycles. The summed E-state index contributed by atoms with van der Waals surface area (Å²) in [6, 6.07) is 1.87. The van der Waals surface area contributed by atoms with Crippen molar-refractivity contribution in [2.24, 2.45) is 0 Å². The van der Waals surface area contributed by atoms with Gasteiger partial charge in [-0.25, -0.2) is 8.42 Å². The minimum Gasteiger partial charge on any atom is -0.347 e. The van der Waals surface area contributed by atoms with Crippen molar-refractivity contribution >= 4 is 31.3 Å². The number of hydrogen-bond donors (Lipinski definition) is 1. The van der Waals surface area contributed by atoms with E-state index in [-0.39, 0.29) is 11.1 Å². The lowest BCUT2D eigenvalue weighted by molar-refractivity contribution is -0.385. The molecule has 0 unspecified atom stereocenters. The first-order chi connectivity index (χ1) is 9.33. The Morgan fingerprint density at radius 1 is 1.33 bits per heavy atom. The third-order valence-corrected chi connectivity index (χ3v) is 3.90. The summed E-state index contributed by atoms with van der Waals surface area (Å²) in [5.74, 6) is -0.606. The summed E-state index contributed by atoms with van der Waals surface area (Å²) >= 11 is 0. The quantitative estimate of drug-likeness (QED) is 0.518. The van der Waals surface area contributed by atoms with Crippen molar-refractivity contribution in [3.8, 4) is 0 Å². The van der Waals surface area contributed by atoms with Crippen molar-refractivity contribution in [3.63, 3.8) is 0 Å². The van der Waals surface area contributed by atoms with Gasteiger partial charge < -0.3 is 5.32 Å². The summed E-state index contributed by atoms with van der Waals surface area (Å²) < 4.78 is 22.8. The van der Waals surface area contributed by atoms with E-state index in [2.05, 4.69) is 5.32 Å². The van der Waals surface area contributed by atoms with Gasteiger partial charge in [0.1, 0.15) is 0 Å². The summed E-state index contributed by atoms with van der Waals surface area (Å²) in [6.07, 6.45) is 0. The average molecular weight is 335 g/mol. The third kappa shape index (κ3) is 4.40. The van der Waals surface area contributed by atoms with Crippen LogP contribution in [0.5, 0.6) is 0 Å². The molecule has 1 aromatic carbocycles. The molecule has 0 aliphatic heterocycles. The van der Waals surface area contributed by atoms with E-state index in [0.717, 1.165) is 12.1 Å². The summed E-state index contributed by atoms with van der Waals surface area (Å²) in [5, 5.41) is 13.6. The monoisotopic (exact) mass is 334 g/mol. The van der Waals surface area contributed by atoms with Gasteiger partial charge in [0.15, 0.2) is 0 Å². The molecule has 0 fully saturated rings. The maximum Gasteiger partial charge on any atom is 0.274 e. The fourth-order valence-electron chi connectivity index (χ4n) is 1.65. The Kier molecular flexibility index (Phi) is 4.64. The Hall–Kier alpha value is -1.67. The molecule has 0 aliphatic rings. The number of nitro benzene ring substituents is 1. The summed E-state index contributed by atoms with van der Waals surface area (Å²) in [7, 11) is 1.03. The summed E-state index contributed by atoms with van der Waals surface area (Å²) in [4.78, 5) is 21.9. The number of amides is 1. The lowest BCUT2D eigenvalue weighted by Gasteiger charge is -2.21. The highest BCUT2D eigenvalue weighted by molar-refractivity contribution is 8.13. The van der Waals surface area contributed by atoms with Crippen LogP contribution in [0, 0.1) is 17.0 Å². The van der Waals surface area contributed by atoms with Gasteiger partial charge in [0.2, 0.25) is 0 Å². The number of carbonyl (C=O) groups excluding carboxylic acids is 1. The molecule has 0 bridgehead atoms. The molecule has 0 aliphatic carbocycles. The zero-order chi connectivity index (χ0) is 16.6. The first kappa shape index (κ1) is 17.4. The Morgan fingerprint density at radius 2 is 1.86 bits per heavy atom. The minimum atomic E-state index is -4.19. The first-order valence-corrected chi connectivity index (χ1v) is 8.20. The predicted molar refractivity (Wildman–Crippen MR) is 78.1 cm³/mol. The molecule has 1 rings (SSSR count). The lowest BCUT2D eigenvalue weighted by atomic mass is 10.0. The second-order valence-electron chi connectivity index (χ2n) is 5.51. The molecule has 0 spiro atoms. The molecule has 0 saturated carbocycles. The standard InChI is InChI=1S/C12H15ClN2O5S/c1-7-9(11(16)14-12(2,3)4)5-8(21(13,19)20)6-10(7)15(17)18/h5-6H,1-4H3,(H,14,16). The molecule has 1 aromatic rings. The summed E-state index contributed by atoms with van der Waals surface area (Å²) in [6.45, 7) is 6.57. The maximum atomic E-state index is 12.2. The first-order valence-electron chi connectivity index (χ1n) is 5.89. The number of rotatable bonds is 3. The molecule has 1 N–H and O–H groups in total. The third-order valence-electron chi connectivity index (χ3n) is 2.57. The van der Waals surface area contributed by atoms with E-state index in [0.29, 0.717) is 0 Å². The van der Waals surface area contributed by atoms with E-state index in [1.807, 2.05) is 0 Å². The number of carbonyl (C=O) groups is 1. The van der Waals surface area contributed by atoms with E-state index in [1.165, 1.54) is 6.92 Å². The SMILES string of the molecule is Cc1c(C(=O)NC(C)(C)C)cc(S(=O)(=O)Cl)cc1[N+](=O)[O-]. The molecular formula is C12H15ClN2O5S. The van der Waals surface area contributed by atoms with Gasteiger partial charge in [-0.1, -0.05) is 0 Å². The second-order valence-corrected chi connectivity index (χ2v) is 8.08. The Balaban J connectivity index is 3.54. The number of nitrogens with one attached hydrogen (secondary N) is 1. The van der Waals surface area contributed by atoms with Gasteiger partial charge in [0.05, 0.1) is 15.4 Å². The van der Waals surface area contributed by atoms with Crippen LogP contribution in [-0.2, 0) is 9.05 Å². The van der Waals surface area contributed by atoms with E-state index >= 15 is 0 Å². The number of hydrogen-bond acceptors (Lipinski definition) is 5. The van der Waals surface area contributed by atoms with Gasteiger partial charge in [0, 0.05) is 27.9 Å². The van der Waals surface area contributed by atoms with Crippen LogP contribution >= 0.6 is 10.7 Å². The molecule has 0 saturated heterocycles. The molecule has 116 valence electrons. The van der Waals surface area contributed by atoms with E-state index < -0.39 is 36.0 Å². The summed E-state index contributed by atoms with van der Waals surface area (Å²) in [5.41, 5.74) is -1.08. The van der Waals surface area contributed by atoms with Crippen molar-refractivity contribution in [3.05, 3.63) is 33.4 Å². The average Bonchev–Trinajstić information content (AvgIpc) is 2.24. The van der Waals surface area contributed by atoms with Crippen LogP contribution in [0.2, 0.25) is 0 Å². The highest BCUT2D eigenvalue weighted by atomic mass is 35.7. The topological polar surface area (TPSA) is 106 Å². The molecule has 7 nitrogen and oxygen atoms in total. The smallest absolute Gasteiger partial charge is 0.274 e. The van der Waals surface area contributed by atoms with Gasteiger partial charge >= 0.3 is 0 Å². The van der Waals surface area contributed by atoms with E-state index in [1.54, 1.807) is 20.8 Å². The van der Waals surface area contributed by atoms with Crippen molar-refractivity contribution in [1.82, 2.24) is 5.32 Å². The zero-order valence-corrected chi connectivity index (χ0v) is 13.5. The van der Waals surface area contributed by atoms with Crippen LogP contribution in [0.4, 0.5) is 5.69 Å². The minimum absolute atomic E-state index is 0.0748. The van der Waals surface area contributed by atoms with Crippen LogP contribution < -0.4 is 5.32 Å². The van der Waals surface area contributed by atoms with Gasteiger partial charge in [-0.15, -0.1) is 0 Å². The highest BCUT2D eigenvalue weighted by Crippen LogP contribution is 2.28. The Morgan fingerprint density at radius 3 is 2.24 bits per heavy atom. The lowest BCUT2D eigenvalue weighted by Crippen LogP contribution is -2.40. The van der Waals surface area contributed by atoms with Crippen LogP contribution in [0.15, 0.2) is 17.0 Å². The van der Waals surface area contributed by atoms with Gasteiger partial charge in [-0.3, -0.25) is 14.9 Å². The number of benzene rings is 1. The molecular weight excluding hydrogens is 320 g/mol. The van der Waals surface area contributed by atoms with E-state index in [4.69, 9.17) is 10.7 Å². The maximum absolute atomic E-state index is 12.2. The molecule has 0 atom stereocenters. The number of halogens is 1. The highest BCUT2D eigenvalue weighted by Gasteiger charge is 2.26. The van der Waals surface area contributed by atoms with E-state index in [9.17, 15) is 23.3 Å². The fraction of sp³-hybridized carbons (Fsp3) is 0.417. The van der Waals surface area contributed by atoms with Crippen molar-refractivity contribution in [1.29, 1.82) is 0 Å². The fourth-order valence-corrected chi connectivity index (χ4v) is 2.43. The molecule has 0 radical (unpaired) electrons. The normalized spacial score (nSPS) is 12.0. The van der Waals surface area contributed by atoms with Crippen LogP contribution in [0.1, 0.15) is 36.7 Å². The number of nitrogens with zero attached hydrogens (tertiary/aromatic N) is 1. The van der Waals surface area contributed by atoms with Gasteiger partial charge in [0.25, 0.3) is 20.6 Å². The molecule has 1 amide bonds. The van der Waals surface area contributed by atoms with Crippen LogP contribution in [0.3, 0.4) is 0 Å². The Labute approximate surface area is 126 Å². The molecule has 9 heteroatoms. The van der Waals surface area contributed by atoms with Crippen LogP contribution in [0.25, 0.3) is 0 Å². The van der Waals surface area contributed by atoms with Crippen molar-refractivity contribution in [2.45, 2.75) is 38.1 Å². The molecule has 0 aromatic heterocycles. The largest absolute Gasteiger partial charge is 0.347 e. The van der Waals surface area contributed by atoms with Crippen LogP contribution in [-0.4, -0.2) is 24.8 Å². The zero-order valence-electron chi connectivity index (χ0n) is 11.9. The van der Waals surface area contributed by atoms with Crippen molar-refractivity contribution in [2.75, 3.05) is 0 Å². The van der Waals surface area contributed by atoms with Gasteiger partial charge in [-0.05, 0) is 33.8 Å².